The summed E-state index contributed by atoms with van der Waals surface area (Å²) in [6.07, 6.45) is 0. The number of anilines is 2. The van der Waals surface area contributed by atoms with E-state index in [1.54, 1.807) is 24.3 Å². The molecular weight excluding hydrogens is 303 g/mol. The fraction of sp³-hybridized carbons (Fsp3) is 0. The molecule has 0 atom stereocenters. The monoisotopic (exact) mass is 314 g/mol. The average molecular weight is 314 g/mol. The summed E-state index contributed by atoms with van der Waals surface area (Å²) in [5.41, 5.74) is 4.92. The fourth-order valence-corrected chi connectivity index (χ4v) is 2.18. The number of para-hydroxylation sites is 1. The molecule has 1 amide bonds. The van der Waals surface area contributed by atoms with Crippen LogP contribution in [0.15, 0.2) is 53.6 Å². The van der Waals surface area contributed by atoms with Crippen molar-refractivity contribution in [1.82, 2.24) is 5.43 Å². The molecule has 7 heteroatoms. The van der Waals surface area contributed by atoms with E-state index in [4.69, 9.17) is 12.2 Å². The second kappa shape index (κ2) is 5.90. The molecule has 0 spiro atoms. The van der Waals surface area contributed by atoms with E-state index in [1.165, 1.54) is 12.1 Å². The number of carbonyl (C=O) groups excluding carboxylic acids is 1. The normalized spacial score (nSPS) is 14.4. The average Bonchev–Trinajstić information content (AvgIpc) is 2.83. The lowest BCUT2D eigenvalue weighted by Crippen LogP contribution is -2.27. The minimum Gasteiger partial charge on any atom is -0.331 e. The Balaban J connectivity index is 1.70. The first-order chi connectivity index (χ1) is 10.6. The lowest BCUT2D eigenvalue weighted by Gasteiger charge is -2.07. The maximum absolute atomic E-state index is 12.8. The number of hydrogen-bond acceptors (Lipinski definition) is 3. The van der Waals surface area contributed by atoms with Gasteiger partial charge in [0.25, 0.3) is 5.91 Å². The Labute approximate surface area is 131 Å². The number of carbonyl (C=O) groups is 1. The van der Waals surface area contributed by atoms with Crippen molar-refractivity contribution >= 4 is 40.3 Å². The number of rotatable bonds is 2. The Morgan fingerprint density at radius 2 is 1.86 bits per heavy atom. The summed E-state index contributed by atoms with van der Waals surface area (Å²) in [5, 5.41) is 9.80. The van der Waals surface area contributed by atoms with Crippen LogP contribution in [0.5, 0.6) is 0 Å². The molecule has 1 aliphatic rings. The van der Waals surface area contributed by atoms with Crippen LogP contribution >= 0.6 is 12.2 Å². The summed E-state index contributed by atoms with van der Waals surface area (Å²) in [6, 6.07) is 13.0. The Kier molecular flexibility index (Phi) is 3.80. The van der Waals surface area contributed by atoms with Crippen molar-refractivity contribution in [2.24, 2.45) is 5.10 Å². The summed E-state index contributed by atoms with van der Waals surface area (Å²) in [7, 11) is 0. The maximum Gasteiger partial charge on any atom is 0.276 e. The Morgan fingerprint density at radius 1 is 1.14 bits per heavy atom. The third kappa shape index (κ3) is 2.94. The van der Waals surface area contributed by atoms with Crippen LogP contribution in [0, 0.1) is 5.82 Å². The molecule has 22 heavy (non-hydrogen) atoms. The van der Waals surface area contributed by atoms with Gasteiger partial charge in [0.1, 0.15) is 5.82 Å². The summed E-state index contributed by atoms with van der Waals surface area (Å²) < 4.78 is 12.8. The highest BCUT2D eigenvalue weighted by atomic mass is 32.1. The molecule has 1 aliphatic heterocycles. The lowest BCUT2D eigenvalue weighted by molar-refractivity contribution is -0.110. The van der Waals surface area contributed by atoms with E-state index < -0.39 is 0 Å². The van der Waals surface area contributed by atoms with Crippen molar-refractivity contribution in [3.05, 3.63) is 59.9 Å². The largest absolute Gasteiger partial charge is 0.331 e. The predicted molar refractivity (Wildman–Crippen MR) is 87.4 cm³/mol. The van der Waals surface area contributed by atoms with Crippen LogP contribution in [-0.2, 0) is 4.79 Å². The highest BCUT2D eigenvalue weighted by molar-refractivity contribution is 7.80. The minimum absolute atomic E-state index is 0.205. The van der Waals surface area contributed by atoms with Gasteiger partial charge in [0, 0.05) is 11.3 Å². The van der Waals surface area contributed by atoms with Crippen LogP contribution in [0.1, 0.15) is 5.56 Å². The van der Waals surface area contributed by atoms with Crippen LogP contribution in [0.25, 0.3) is 0 Å². The molecule has 0 saturated carbocycles. The number of halogens is 1. The quantitative estimate of drug-likeness (QED) is 0.588. The molecule has 3 N–H and O–H groups in total. The molecule has 0 aromatic heterocycles. The molecule has 5 nitrogen and oxygen atoms in total. The van der Waals surface area contributed by atoms with Crippen LogP contribution in [0.4, 0.5) is 15.8 Å². The molecule has 110 valence electrons. The van der Waals surface area contributed by atoms with E-state index in [1.807, 2.05) is 12.1 Å². The number of hydrazone groups is 1. The van der Waals surface area contributed by atoms with Crippen molar-refractivity contribution in [3.8, 4) is 0 Å². The molecule has 0 aliphatic carbocycles. The smallest absolute Gasteiger partial charge is 0.276 e. The van der Waals surface area contributed by atoms with Gasteiger partial charge in [-0.3, -0.25) is 10.2 Å². The van der Waals surface area contributed by atoms with Crippen LogP contribution in [0.3, 0.4) is 0 Å². The SMILES string of the molecule is O=C1Nc2ccccc2/C1=N/NC(=S)Nc1ccc(F)cc1. The summed E-state index contributed by atoms with van der Waals surface area (Å²) in [6.45, 7) is 0. The Bertz CT molecular complexity index is 773. The summed E-state index contributed by atoms with van der Waals surface area (Å²) in [5.74, 6) is -0.623. The number of amides is 1. The van der Waals surface area contributed by atoms with E-state index in [0.717, 1.165) is 0 Å². The second-order valence-corrected chi connectivity index (χ2v) is 4.94. The van der Waals surface area contributed by atoms with Crippen molar-refractivity contribution in [3.63, 3.8) is 0 Å². The highest BCUT2D eigenvalue weighted by Crippen LogP contribution is 2.22. The van der Waals surface area contributed by atoms with Gasteiger partial charge in [0.2, 0.25) is 0 Å². The zero-order valence-electron chi connectivity index (χ0n) is 11.3. The predicted octanol–water partition coefficient (Wildman–Crippen LogP) is 2.47. The standard InChI is InChI=1S/C15H11FN4OS/c16-9-5-7-10(8-6-9)17-15(22)20-19-13-11-3-1-2-4-12(11)18-14(13)21/h1-8H,(H2,17,20,22)(H,18,19,21). The molecule has 0 bridgehead atoms. The van der Waals surface area contributed by atoms with Crippen LogP contribution < -0.4 is 16.1 Å². The number of hydrogen-bond donors (Lipinski definition) is 3. The van der Waals surface area contributed by atoms with Crippen LogP contribution in [0.2, 0.25) is 0 Å². The first kappa shape index (κ1) is 14.2. The van der Waals surface area contributed by atoms with E-state index >= 15 is 0 Å². The number of nitrogens with one attached hydrogen (secondary N) is 3. The van der Waals surface area contributed by atoms with Gasteiger partial charge in [-0.25, -0.2) is 4.39 Å². The molecule has 0 unspecified atom stereocenters. The highest BCUT2D eigenvalue weighted by Gasteiger charge is 2.25. The first-order valence-corrected chi connectivity index (χ1v) is 6.85. The molecule has 0 radical (unpaired) electrons. The van der Waals surface area contributed by atoms with E-state index in [-0.39, 0.29) is 22.5 Å². The van der Waals surface area contributed by atoms with Gasteiger partial charge in [0.05, 0.1) is 5.69 Å². The second-order valence-electron chi connectivity index (χ2n) is 4.53. The minimum atomic E-state index is -0.330. The third-order valence-electron chi connectivity index (χ3n) is 3.02. The number of benzene rings is 2. The van der Waals surface area contributed by atoms with Crippen molar-refractivity contribution in [2.45, 2.75) is 0 Å². The van der Waals surface area contributed by atoms with Crippen LogP contribution in [-0.4, -0.2) is 16.7 Å². The molecule has 0 saturated heterocycles. The fourth-order valence-electron chi connectivity index (χ4n) is 2.01. The number of fused-ring (bicyclic) bond motifs is 1. The summed E-state index contributed by atoms with van der Waals surface area (Å²) >= 11 is 5.09. The zero-order valence-corrected chi connectivity index (χ0v) is 12.1. The zero-order chi connectivity index (χ0) is 15.5. The molecule has 1 heterocycles. The lowest BCUT2D eigenvalue weighted by atomic mass is 10.1. The van der Waals surface area contributed by atoms with Gasteiger partial charge in [-0.15, -0.1) is 0 Å². The third-order valence-corrected chi connectivity index (χ3v) is 3.21. The first-order valence-electron chi connectivity index (χ1n) is 6.44. The van der Waals surface area contributed by atoms with E-state index in [0.29, 0.717) is 16.9 Å². The summed E-state index contributed by atoms with van der Waals surface area (Å²) in [4.78, 5) is 11.9. The van der Waals surface area contributed by atoms with Gasteiger partial charge in [-0.05, 0) is 42.5 Å². The van der Waals surface area contributed by atoms with Crippen molar-refractivity contribution < 1.29 is 9.18 Å². The van der Waals surface area contributed by atoms with E-state index in [2.05, 4.69) is 21.2 Å². The van der Waals surface area contributed by atoms with Crippen molar-refractivity contribution in [2.75, 3.05) is 10.6 Å². The molecule has 2 aromatic carbocycles. The topological polar surface area (TPSA) is 65.5 Å². The molecular formula is C15H11FN4OS. The molecule has 3 rings (SSSR count). The van der Waals surface area contributed by atoms with Gasteiger partial charge in [0.15, 0.2) is 10.8 Å². The molecule has 0 fully saturated rings. The Hall–Kier alpha value is -2.80. The maximum atomic E-state index is 12.8. The van der Waals surface area contributed by atoms with Crippen molar-refractivity contribution in [1.29, 1.82) is 0 Å². The van der Waals surface area contributed by atoms with Gasteiger partial charge in [-0.2, -0.15) is 5.10 Å². The number of nitrogens with zero attached hydrogens (tertiary/aromatic N) is 1. The number of thiocarbonyl (C=S) groups is 1. The Morgan fingerprint density at radius 3 is 2.64 bits per heavy atom. The van der Waals surface area contributed by atoms with Gasteiger partial charge < -0.3 is 10.6 Å². The van der Waals surface area contributed by atoms with E-state index in [9.17, 15) is 9.18 Å². The van der Waals surface area contributed by atoms with Gasteiger partial charge >= 0.3 is 0 Å². The van der Waals surface area contributed by atoms with Gasteiger partial charge in [-0.1, -0.05) is 18.2 Å². The molecule has 2 aromatic rings.